The van der Waals surface area contributed by atoms with Crippen molar-refractivity contribution in [2.75, 3.05) is 19.6 Å². The van der Waals surface area contributed by atoms with Crippen LogP contribution in [0.5, 0.6) is 0 Å². The van der Waals surface area contributed by atoms with E-state index in [1.165, 1.54) is 12.8 Å². The lowest BCUT2D eigenvalue weighted by molar-refractivity contribution is -0.141. The smallest absolute Gasteiger partial charge is 0.222 e. The molecule has 5 heteroatoms. The van der Waals surface area contributed by atoms with Crippen LogP contribution in [0.4, 0.5) is 0 Å². The maximum atomic E-state index is 12.3. The summed E-state index contributed by atoms with van der Waals surface area (Å²) < 4.78 is 0. The van der Waals surface area contributed by atoms with E-state index in [0.29, 0.717) is 17.7 Å². The first-order chi connectivity index (χ1) is 10.2. The van der Waals surface area contributed by atoms with Crippen LogP contribution >= 0.6 is 0 Å². The largest absolute Gasteiger partial charge is 0.339 e. The first-order valence-electron chi connectivity index (χ1n) is 7.94. The van der Waals surface area contributed by atoms with Gasteiger partial charge in [-0.2, -0.15) is 0 Å². The number of carbonyl (C=O) groups excluding carboxylic acids is 1. The van der Waals surface area contributed by atoms with Gasteiger partial charge in [-0.05, 0) is 44.7 Å². The number of nitrogens with one attached hydrogen (secondary N) is 1. The summed E-state index contributed by atoms with van der Waals surface area (Å²) in [6.07, 6.45) is 10.1. The summed E-state index contributed by atoms with van der Waals surface area (Å²) in [5.74, 6) is 0.301. The van der Waals surface area contributed by atoms with Gasteiger partial charge in [-0.3, -0.25) is 14.8 Å². The molecule has 1 atom stereocenters. The Labute approximate surface area is 126 Å². The molecule has 0 radical (unpaired) electrons. The van der Waals surface area contributed by atoms with Gasteiger partial charge in [0.1, 0.15) is 0 Å². The molecule has 0 unspecified atom stereocenters. The van der Waals surface area contributed by atoms with E-state index in [0.717, 1.165) is 38.2 Å². The van der Waals surface area contributed by atoms with E-state index in [1.54, 1.807) is 18.6 Å². The lowest BCUT2D eigenvalue weighted by Crippen LogP contribution is -2.53. The molecule has 1 spiro atoms. The summed E-state index contributed by atoms with van der Waals surface area (Å²) in [6, 6.07) is 0.196. The quantitative estimate of drug-likeness (QED) is 0.913. The molecule has 5 nitrogen and oxygen atoms in total. The number of hydrogen-bond acceptors (Lipinski definition) is 4. The average molecular weight is 288 g/mol. The van der Waals surface area contributed by atoms with Gasteiger partial charge in [0, 0.05) is 44.0 Å². The van der Waals surface area contributed by atoms with E-state index in [9.17, 15) is 4.79 Å². The predicted molar refractivity (Wildman–Crippen MR) is 80.7 cm³/mol. The van der Waals surface area contributed by atoms with E-state index in [4.69, 9.17) is 0 Å². The zero-order chi connectivity index (χ0) is 14.7. The van der Waals surface area contributed by atoms with E-state index in [2.05, 4.69) is 27.1 Å². The second kappa shape index (κ2) is 6.10. The number of hydrogen-bond donors (Lipinski definition) is 1. The van der Waals surface area contributed by atoms with E-state index >= 15 is 0 Å². The van der Waals surface area contributed by atoms with Gasteiger partial charge in [-0.1, -0.05) is 0 Å². The first-order valence-corrected chi connectivity index (χ1v) is 7.94. The minimum Gasteiger partial charge on any atom is -0.339 e. The number of nitrogens with zero attached hydrogens (tertiary/aromatic N) is 3. The molecule has 2 saturated heterocycles. The number of piperidine rings is 2. The summed E-state index contributed by atoms with van der Waals surface area (Å²) in [5.41, 5.74) is 1.30. The first kappa shape index (κ1) is 14.4. The maximum Gasteiger partial charge on any atom is 0.222 e. The Morgan fingerprint density at radius 3 is 2.86 bits per heavy atom. The highest BCUT2D eigenvalue weighted by Crippen LogP contribution is 2.39. The summed E-state index contributed by atoms with van der Waals surface area (Å²) in [5, 5.41) is 3.43. The fourth-order valence-electron chi connectivity index (χ4n) is 3.66. The van der Waals surface area contributed by atoms with Crippen LogP contribution in [0.1, 0.15) is 38.3 Å². The Morgan fingerprint density at radius 2 is 2.14 bits per heavy atom. The van der Waals surface area contributed by atoms with Gasteiger partial charge in [0.15, 0.2) is 0 Å². The lowest BCUT2D eigenvalue weighted by atomic mass is 9.72. The molecule has 1 N–H and O–H groups in total. The highest BCUT2D eigenvalue weighted by Gasteiger charge is 2.40. The fourth-order valence-corrected chi connectivity index (χ4v) is 3.66. The van der Waals surface area contributed by atoms with Gasteiger partial charge in [-0.15, -0.1) is 0 Å². The number of likely N-dealkylation sites (tertiary alicyclic amines) is 1. The standard InChI is InChI=1S/C16H24N4O/c1-13(10-14-11-18-8-9-19-14)20-12-16(3-2-15(20)21)4-6-17-7-5-16/h8-9,11,13,17H,2-7,10,12H2,1H3/t13-/m1/s1. The molecular formula is C16H24N4O. The number of carbonyl (C=O) groups is 1. The van der Waals surface area contributed by atoms with Crippen LogP contribution in [0.2, 0.25) is 0 Å². The van der Waals surface area contributed by atoms with Gasteiger partial charge >= 0.3 is 0 Å². The van der Waals surface area contributed by atoms with Gasteiger partial charge in [0.2, 0.25) is 5.91 Å². The molecule has 2 aliphatic rings. The number of rotatable bonds is 3. The molecular weight excluding hydrogens is 264 g/mol. The Balaban J connectivity index is 1.68. The molecule has 1 amide bonds. The van der Waals surface area contributed by atoms with Crippen LogP contribution in [0, 0.1) is 5.41 Å². The molecule has 21 heavy (non-hydrogen) atoms. The highest BCUT2D eigenvalue weighted by molar-refractivity contribution is 5.77. The van der Waals surface area contributed by atoms with Crippen molar-refractivity contribution >= 4 is 5.91 Å². The van der Waals surface area contributed by atoms with Crippen molar-refractivity contribution in [3.05, 3.63) is 24.3 Å². The van der Waals surface area contributed by atoms with Crippen molar-refractivity contribution in [1.29, 1.82) is 0 Å². The average Bonchev–Trinajstić information content (AvgIpc) is 2.52. The molecule has 1 aromatic heterocycles. The van der Waals surface area contributed by atoms with E-state index in [1.807, 2.05) is 0 Å². The van der Waals surface area contributed by atoms with Crippen molar-refractivity contribution in [2.45, 2.75) is 45.1 Å². The Kier molecular flexibility index (Phi) is 4.19. The third-order valence-electron chi connectivity index (χ3n) is 5.01. The second-order valence-electron chi connectivity index (χ2n) is 6.52. The Morgan fingerprint density at radius 1 is 1.33 bits per heavy atom. The summed E-state index contributed by atoms with van der Waals surface area (Å²) in [4.78, 5) is 22.9. The van der Waals surface area contributed by atoms with E-state index < -0.39 is 0 Å². The molecule has 114 valence electrons. The zero-order valence-electron chi connectivity index (χ0n) is 12.7. The number of amides is 1. The van der Waals surface area contributed by atoms with Crippen molar-refractivity contribution in [3.63, 3.8) is 0 Å². The molecule has 0 bridgehead atoms. The Bertz CT molecular complexity index is 484. The minimum absolute atomic E-state index is 0.196. The van der Waals surface area contributed by atoms with Crippen LogP contribution < -0.4 is 5.32 Å². The van der Waals surface area contributed by atoms with Gasteiger partial charge in [0.05, 0.1) is 5.69 Å². The SMILES string of the molecule is C[C@H](Cc1cnccn1)N1CC2(CCNCC2)CCC1=O. The fraction of sp³-hybridized carbons (Fsp3) is 0.688. The molecule has 0 aromatic carbocycles. The molecule has 2 aliphatic heterocycles. The van der Waals surface area contributed by atoms with Crippen LogP contribution in [0.25, 0.3) is 0 Å². The number of aromatic nitrogens is 2. The summed E-state index contributed by atoms with van der Waals surface area (Å²) in [7, 11) is 0. The van der Waals surface area contributed by atoms with Crippen molar-refractivity contribution in [2.24, 2.45) is 5.41 Å². The van der Waals surface area contributed by atoms with Crippen molar-refractivity contribution in [3.8, 4) is 0 Å². The molecule has 3 heterocycles. The molecule has 0 saturated carbocycles. The van der Waals surface area contributed by atoms with Crippen LogP contribution in [-0.2, 0) is 11.2 Å². The van der Waals surface area contributed by atoms with E-state index in [-0.39, 0.29) is 6.04 Å². The van der Waals surface area contributed by atoms with Gasteiger partial charge in [0.25, 0.3) is 0 Å². The topological polar surface area (TPSA) is 58.1 Å². The van der Waals surface area contributed by atoms with Crippen molar-refractivity contribution < 1.29 is 4.79 Å². The van der Waals surface area contributed by atoms with Crippen molar-refractivity contribution in [1.82, 2.24) is 20.2 Å². The van der Waals surface area contributed by atoms with Crippen LogP contribution in [-0.4, -0.2) is 46.5 Å². The minimum atomic E-state index is 0.196. The molecule has 1 aromatic rings. The normalized spacial score (nSPS) is 23.3. The maximum absolute atomic E-state index is 12.3. The van der Waals surface area contributed by atoms with Crippen LogP contribution in [0.3, 0.4) is 0 Å². The summed E-state index contributed by atoms with van der Waals surface area (Å²) >= 11 is 0. The molecule has 3 rings (SSSR count). The third-order valence-corrected chi connectivity index (χ3v) is 5.01. The van der Waals surface area contributed by atoms with Crippen LogP contribution in [0.15, 0.2) is 18.6 Å². The monoisotopic (exact) mass is 288 g/mol. The second-order valence-corrected chi connectivity index (χ2v) is 6.52. The van der Waals surface area contributed by atoms with Gasteiger partial charge in [-0.25, -0.2) is 0 Å². The lowest BCUT2D eigenvalue weighted by Gasteiger charge is -2.47. The third kappa shape index (κ3) is 3.23. The highest BCUT2D eigenvalue weighted by atomic mass is 16.2. The summed E-state index contributed by atoms with van der Waals surface area (Å²) in [6.45, 7) is 5.21. The predicted octanol–water partition coefficient (Wildman–Crippen LogP) is 1.40. The zero-order valence-corrected chi connectivity index (χ0v) is 12.7. The van der Waals surface area contributed by atoms with Gasteiger partial charge < -0.3 is 10.2 Å². The molecule has 2 fully saturated rings. The molecule has 0 aliphatic carbocycles. The Hall–Kier alpha value is -1.49.